The van der Waals surface area contributed by atoms with Gasteiger partial charge >= 0.3 is 0 Å². The van der Waals surface area contributed by atoms with Crippen molar-refractivity contribution in [3.8, 4) is 0 Å². The van der Waals surface area contributed by atoms with E-state index in [-0.39, 0.29) is 5.91 Å². The van der Waals surface area contributed by atoms with Gasteiger partial charge in [0.15, 0.2) is 0 Å². The molecule has 0 aromatic heterocycles. The molecule has 1 amide bonds. The largest absolute Gasteiger partial charge is 0.277 e. The van der Waals surface area contributed by atoms with Crippen LogP contribution in [0.1, 0.15) is 38.2 Å². The standard InChI is InChI=1S/C13H19NO2/c1-7-8(2)10(4)12(11(5)9(7)3)13(15)14-16-6/h1-6H3,(H,14,15). The topological polar surface area (TPSA) is 38.3 Å². The van der Waals surface area contributed by atoms with E-state index in [1.54, 1.807) is 0 Å². The summed E-state index contributed by atoms with van der Waals surface area (Å²) < 4.78 is 0. The lowest BCUT2D eigenvalue weighted by atomic mass is 9.89. The third-order valence-electron chi connectivity index (χ3n) is 3.42. The molecule has 0 aliphatic heterocycles. The summed E-state index contributed by atoms with van der Waals surface area (Å²) in [7, 11) is 1.44. The molecule has 0 atom stereocenters. The maximum Gasteiger partial charge on any atom is 0.275 e. The van der Waals surface area contributed by atoms with E-state index in [9.17, 15) is 4.79 Å². The summed E-state index contributed by atoms with van der Waals surface area (Å²) in [6, 6.07) is 0. The van der Waals surface area contributed by atoms with Gasteiger partial charge in [0.25, 0.3) is 5.91 Å². The number of hydroxylamine groups is 1. The van der Waals surface area contributed by atoms with Gasteiger partial charge in [-0.25, -0.2) is 5.48 Å². The highest BCUT2D eigenvalue weighted by atomic mass is 16.6. The molecule has 0 spiro atoms. The SMILES string of the molecule is CONC(=O)c1c(C)c(C)c(C)c(C)c1C. The van der Waals surface area contributed by atoms with Crippen molar-refractivity contribution in [2.45, 2.75) is 34.6 Å². The fourth-order valence-corrected chi connectivity index (χ4v) is 1.98. The smallest absolute Gasteiger partial charge is 0.275 e. The second-order valence-electron chi connectivity index (χ2n) is 4.14. The normalized spacial score (nSPS) is 10.4. The van der Waals surface area contributed by atoms with Crippen LogP contribution in [0.15, 0.2) is 0 Å². The Kier molecular flexibility index (Phi) is 3.70. The number of carbonyl (C=O) groups excluding carboxylic acids is 1. The van der Waals surface area contributed by atoms with Gasteiger partial charge in [0.1, 0.15) is 0 Å². The fraction of sp³-hybridized carbons (Fsp3) is 0.462. The molecule has 0 saturated heterocycles. The lowest BCUT2D eigenvalue weighted by Crippen LogP contribution is -2.24. The van der Waals surface area contributed by atoms with Crippen molar-refractivity contribution in [3.63, 3.8) is 0 Å². The molecular weight excluding hydrogens is 202 g/mol. The zero-order valence-corrected chi connectivity index (χ0v) is 10.8. The summed E-state index contributed by atoms with van der Waals surface area (Å²) in [6.07, 6.45) is 0. The van der Waals surface area contributed by atoms with Crippen LogP contribution in [0.5, 0.6) is 0 Å². The number of carbonyl (C=O) groups is 1. The van der Waals surface area contributed by atoms with E-state index in [0.717, 1.165) is 16.7 Å². The molecule has 0 heterocycles. The zero-order chi connectivity index (χ0) is 12.5. The number of benzene rings is 1. The third kappa shape index (κ3) is 1.95. The minimum absolute atomic E-state index is 0.177. The van der Waals surface area contributed by atoms with Crippen LogP contribution in [0.2, 0.25) is 0 Å². The first-order chi connectivity index (χ1) is 7.41. The summed E-state index contributed by atoms with van der Waals surface area (Å²) in [6.45, 7) is 10.1. The predicted octanol–water partition coefficient (Wildman–Crippen LogP) is 2.52. The molecule has 3 heteroatoms. The van der Waals surface area contributed by atoms with Gasteiger partial charge in [-0.2, -0.15) is 0 Å². The predicted molar refractivity (Wildman–Crippen MR) is 64.6 cm³/mol. The van der Waals surface area contributed by atoms with E-state index in [0.29, 0.717) is 0 Å². The molecule has 88 valence electrons. The Morgan fingerprint density at radius 1 is 0.875 bits per heavy atom. The number of hydrogen-bond acceptors (Lipinski definition) is 2. The molecule has 0 bridgehead atoms. The summed E-state index contributed by atoms with van der Waals surface area (Å²) >= 11 is 0. The summed E-state index contributed by atoms with van der Waals surface area (Å²) in [5.41, 5.74) is 8.74. The minimum Gasteiger partial charge on any atom is -0.277 e. The van der Waals surface area contributed by atoms with Crippen molar-refractivity contribution >= 4 is 5.91 Å². The van der Waals surface area contributed by atoms with Crippen molar-refractivity contribution in [1.82, 2.24) is 5.48 Å². The van der Waals surface area contributed by atoms with Crippen molar-refractivity contribution in [2.24, 2.45) is 0 Å². The third-order valence-corrected chi connectivity index (χ3v) is 3.42. The fourth-order valence-electron chi connectivity index (χ4n) is 1.98. The molecule has 0 aliphatic rings. The molecule has 3 nitrogen and oxygen atoms in total. The molecule has 0 radical (unpaired) electrons. The van der Waals surface area contributed by atoms with Gasteiger partial charge < -0.3 is 0 Å². The summed E-state index contributed by atoms with van der Waals surface area (Å²) in [4.78, 5) is 16.5. The Labute approximate surface area is 96.8 Å². The first-order valence-electron chi connectivity index (χ1n) is 5.32. The Hall–Kier alpha value is -1.35. The quantitative estimate of drug-likeness (QED) is 0.779. The molecule has 1 rings (SSSR count). The number of hydrogen-bond donors (Lipinski definition) is 1. The Balaban J connectivity index is 3.45. The molecule has 0 saturated carbocycles. The van der Waals surface area contributed by atoms with Gasteiger partial charge in [0, 0.05) is 5.56 Å². The van der Waals surface area contributed by atoms with Crippen molar-refractivity contribution in [2.75, 3.05) is 7.11 Å². The van der Waals surface area contributed by atoms with Crippen LogP contribution in [0.3, 0.4) is 0 Å². The van der Waals surface area contributed by atoms with Crippen LogP contribution in [0.25, 0.3) is 0 Å². The summed E-state index contributed by atoms with van der Waals surface area (Å²) in [5.74, 6) is -0.177. The van der Waals surface area contributed by atoms with Gasteiger partial charge in [0.05, 0.1) is 7.11 Å². The molecule has 1 N–H and O–H groups in total. The maximum atomic E-state index is 11.9. The minimum atomic E-state index is -0.177. The van der Waals surface area contributed by atoms with E-state index in [1.165, 1.54) is 23.8 Å². The summed E-state index contributed by atoms with van der Waals surface area (Å²) in [5, 5.41) is 0. The molecule has 1 aromatic rings. The number of amides is 1. The molecule has 16 heavy (non-hydrogen) atoms. The molecule has 0 aliphatic carbocycles. The van der Waals surface area contributed by atoms with Crippen LogP contribution in [0.4, 0.5) is 0 Å². The molecular formula is C13H19NO2. The van der Waals surface area contributed by atoms with Crippen LogP contribution in [0, 0.1) is 34.6 Å². The lowest BCUT2D eigenvalue weighted by molar-refractivity contribution is 0.0536. The van der Waals surface area contributed by atoms with Crippen LogP contribution < -0.4 is 5.48 Å². The van der Waals surface area contributed by atoms with E-state index in [4.69, 9.17) is 0 Å². The van der Waals surface area contributed by atoms with Gasteiger partial charge in [-0.1, -0.05) is 0 Å². The van der Waals surface area contributed by atoms with Gasteiger partial charge in [-0.3, -0.25) is 9.63 Å². The van der Waals surface area contributed by atoms with E-state index >= 15 is 0 Å². The molecule has 1 aromatic carbocycles. The van der Waals surface area contributed by atoms with Gasteiger partial charge in [-0.05, 0) is 62.4 Å². The average Bonchev–Trinajstić information content (AvgIpc) is 2.24. The second kappa shape index (κ2) is 4.66. The van der Waals surface area contributed by atoms with E-state index in [2.05, 4.69) is 17.2 Å². The first-order valence-corrected chi connectivity index (χ1v) is 5.32. The van der Waals surface area contributed by atoms with Crippen LogP contribution in [-0.4, -0.2) is 13.0 Å². The maximum absolute atomic E-state index is 11.9. The second-order valence-corrected chi connectivity index (χ2v) is 4.14. The van der Waals surface area contributed by atoms with Crippen LogP contribution in [-0.2, 0) is 4.84 Å². The molecule has 0 fully saturated rings. The molecule has 0 unspecified atom stereocenters. The Bertz CT molecular complexity index is 407. The highest BCUT2D eigenvalue weighted by Crippen LogP contribution is 2.25. The lowest BCUT2D eigenvalue weighted by Gasteiger charge is -2.17. The highest BCUT2D eigenvalue weighted by molar-refractivity contribution is 5.97. The number of rotatable bonds is 2. The van der Waals surface area contributed by atoms with Gasteiger partial charge in [0.2, 0.25) is 0 Å². The van der Waals surface area contributed by atoms with Crippen molar-refractivity contribution in [3.05, 3.63) is 33.4 Å². The first kappa shape index (κ1) is 12.7. The van der Waals surface area contributed by atoms with E-state index in [1.807, 2.05) is 27.7 Å². The number of nitrogens with one attached hydrogen (secondary N) is 1. The highest BCUT2D eigenvalue weighted by Gasteiger charge is 2.17. The van der Waals surface area contributed by atoms with Crippen molar-refractivity contribution < 1.29 is 9.63 Å². The Morgan fingerprint density at radius 3 is 1.62 bits per heavy atom. The van der Waals surface area contributed by atoms with Gasteiger partial charge in [-0.15, -0.1) is 0 Å². The van der Waals surface area contributed by atoms with Crippen LogP contribution >= 0.6 is 0 Å². The Morgan fingerprint density at radius 2 is 1.25 bits per heavy atom. The zero-order valence-electron chi connectivity index (χ0n) is 10.8. The van der Waals surface area contributed by atoms with Crippen molar-refractivity contribution in [1.29, 1.82) is 0 Å². The van der Waals surface area contributed by atoms with E-state index < -0.39 is 0 Å². The average molecular weight is 221 g/mol. The monoisotopic (exact) mass is 221 g/mol.